The molecule has 0 atom stereocenters. The molecule has 0 spiro atoms. The van der Waals surface area contributed by atoms with E-state index in [4.69, 9.17) is 10.5 Å². The summed E-state index contributed by atoms with van der Waals surface area (Å²) in [5, 5.41) is 0.809. The predicted octanol–water partition coefficient (Wildman–Crippen LogP) is 4.51. The Bertz CT molecular complexity index is 792. The van der Waals surface area contributed by atoms with E-state index in [0.717, 1.165) is 5.39 Å². The van der Waals surface area contributed by atoms with Crippen LogP contribution in [0.5, 0.6) is 11.5 Å². The summed E-state index contributed by atoms with van der Waals surface area (Å²) in [6.07, 6.45) is 1.63. The first-order valence-electron chi connectivity index (χ1n) is 5.91. The number of nitrogens with zero attached hydrogens (tertiary/aromatic N) is 1. The second-order valence-corrected chi connectivity index (χ2v) is 5.08. The summed E-state index contributed by atoms with van der Waals surface area (Å²) in [6, 6.07) is 11.5. The number of fused-ring (bicyclic) bond motifs is 1. The van der Waals surface area contributed by atoms with E-state index in [-0.39, 0.29) is 5.82 Å². The van der Waals surface area contributed by atoms with E-state index >= 15 is 0 Å². The molecular formula is C15H10BrFN2O. The molecule has 0 aliphatic heterocycles. The molecule has 0 aliphatic rings. The van der Waals surface area contributed by atoms with Crippen molar-refractivity contribution in [1.29, 1.82) is 0 Å². The van der Waals surface area contributed by atoms with Crippen LogP contribution in [0.25, 0.3) is 10.9 Å². The number of ether oxygens (including phenoxy) is 1. The molecule has 0 aliphatic carbocycles. The van der Waals surface area contributed by atoms with Crippen LogP contribution in [-0.2, 0) is 0 Å². The van der Waals surface area contributed by atoms with Crippen LogP contribution in [0, 0.1) is 5.82 Å². The van der Waals surface area contributed by atoms with Crippen molar-refractivity contribution in [3.63, 3.8) is 0 Å². The van der Waals surface area contributed by atoms with Gasteiger partial charge in [-0.2, -0.15) is 0 Å². The topological polar surface area (TPSA) is 48.1 Å². The highest BCUT2D eigenvalue weighted by atomic mass is 79.9. The molecule has 1 heterocycles. The Morgan fingerprint density at radius 3 is 2.75 bits per heavy atom. The first-order valence-corrected chi connectivity index (χ1v) is 6.70. The fraction of sp³-hybridized carbons (Fsp3) is 0. The zero-order chi connectivity index (χ0) is 14.1. The van der Waals surface area contributed by atoms with Crippen LogP contribution < -0.4 is 10.5 Å². The Hall–Kier alpha value is -2.14. The van der Waals surface area contributed by atoms with Gasteiger partial charge in [-0.25, -0.2) is 4.39 Å². The number of benzene rings is 2. The van der Waals surface area contributed by atoms with Crippen LogP contribution in [-0.4, -0.2) is 4.98 Å². The summed E-state index contributed by atoms with van der Waals surface area (Å²) < 4.78 is 19.5. The average molecular weight is 333 g/mol. The maximum atomic E-state index is 13.1. The number of halogens is 2. The van der Waals surface area contributed by atoms with E-state index in [1.807, 2.05) is 12.1 Å². The second kappa shape index (κ2) is 5.09. The zero-order valence-corrected chi connectivity index (χ0v) is 11.9. The van der Waals surface area contributed by atoms with Crippen molar-refractivity contribution in [2.45, 2.75) is 0 Å². The minimum absolute atomic E-state index is 0.326. The van der Waals surface area contributed by atoms with Crippen molar-refractivity contribution in [3.8, 4) is 11.5 Å². The lowest BCUT2D eigenvalue weighted by Crippen LogP contribution is -1.92. The Morgan fingerprint density at radius 1 is 1.10 bits per heavy atom. The molecule has 2 aromatic carbocycles. The lowest BCUT2D eigenvalue weighted by atomic mass is 10.2. The molecule has 100 valence electrons. The Labute approximate surface area is 123 Å². The third-order valence-electron chi connectivity index (χ3n) is 2.88. The minimum Gasteiger partial charge on any atom is -0.455 e. The standard InChI is InChI=1S/C15H10BrFN2O/c16-11-8-9(17)4-5-14(11)20-13-6-7-19-15-10(13)2-1-3-12(15)18/h1-8H,18H2. The predicted molar refractivity (Wildman–Crippen MR) is 80.3 cm³/mol. The zero-order valence-electron chi connectivity index (χ0n) is 10.3. The van der Waals surface area contributed by atoms with Gasteiger partial charge in [0.05, 0.1) is 15.7 Å². The first kappa shape index (κ1) is 12.9. The maximum Gasteiger partial charge on any atom is 0.141 e. The van der Waals surface area contributed by atoms with Crippen LogP contribution >= 0.6 is 15.9 Å². The Kier molecular flexibility index (Phi) is 3.28. The van der Waals surface area contributed by atoms with E-state index in [1.54, 1.807) is 24.4 Å². The van der Waals surface area contributed by atoms with Gasteiger partial charge in [-0.3, -0.25) is 4.98 Å². The van der Waals surface area contributed by atoms with Gasteiger partial charge in [0.15, 0.2) is 0 Å². The number of anilines is 1. The summed E-state index contributed by atoms with van der Waals surface area (Å²) in [7, 11) is 0. The number of pyridine rings is 1. The summed E-state index contributed by atoms with van der Waals surface area (Å²) in [6.45, 7) is 0. The Morgan fingerprint density at radius 2 is 1.95 bits per heavy atom. The normalized spacial score (nSPS) is 10.7. The van der Waals surface area contributed by atoms with Gasteiger partial charge in [-0.15, -0.1) is 0 Å². The number of hydrogen-bond donors (Lipinski definition) is 1. The summed E-state index contributed by atoms with van der Waals surface area (Å²) in [5.74, 6) is 0.823. The molecular weight excluding hydrogens is 323 g/mol. The molecule has 0 saturated heterocycles. The lowest BCUT2D eigenvalue weighted by molar-refractivity contribution is 0.482. The SMILES string of the molecule is Nc1cccc2c(Oc3ccc(F)cc3Br)ccnc12. The van der Waals surface area contributed by atoms with Crippen LogP contribution in [0.15, 0.2) is 53.1 Å². The smallest absolute Gasteiger partial charge is 0.141 e. The van der Waals surface area contributed by atoms with Gasteiger partial charge < -0.3 is 10.5 Å². The fourth-order valence-corrected chi connectivity index (χ4v) is 2.37. The maximum absolute atomic E-state index is 13.1. The van der Waals surface area contributed by atoms with Gasteiger partial charge in [-0.1, -0.05) is 6.07 Å². The molecule has 3 nitrogen and oxygen atoms in total. The van der Waals surface area contributed by atoms with Crippen LogP contribution in [0.1, 0.15) is 0 Å². The number of rotatable bonds is 2. The van der Waals surface area contributed by atoms with Gasteiger partial charge in [0, 0.05) is 11.6 Å². The molecule has 0 radical (unpaired) electrons. The first-order chi connectivity index (χ1) is 9.65. The van der Waals surface area contributed by atoms with Crippen molar-refractivity contribution < 1.29 is 9.13 Å². The van der Waals surface area contributed by atoms with Gasteiger partial charge in [0.2, 0.25) is 0 Å². The van der Waals surface area contributed by atoms with Gasteiger partial charge in [0.1, 0.15) is 17.3 Å². The molecule has 5 heteroatoms. The number of hydrogen-bond acceptors (Lipinski definition) is 3. The third-order valence-corrected chi connectivity index (χ3v) is 3.50. The molecule has 0 saturated carbocycles. The molecule has 2 N–H and O–H groups in total. The highest BCUT2D eigenvalue weighted by Gasteiger charge is 2.09. The molecule has 0 fully saturated rings. The quantitative estimate of drug-likeness (QED) is 0.702. The van der Waals surface area contributed by atoms with Gasteiger partial charge in [-0.05, 0) is 52.3 Å². The van der Waals surface area contributed by atoms with E-state index < -0.39 is 0 Å². The number of aromatic nitrogens is 1. The number of nitrogens with two attached hydrogens (primary N) is 1. The summed E-state index contributed by atoms with van der Waals surface area (Å²) in [5.41, 5.74) is 7.16. The van der Waals surface area contributed by atoms with Crippen molar-refractivity contribution in [2.24, 2.45) is 0 Å². The summed E-state index contributed by atoms with van der Waals surface area (Å²) in [4.78, 5) is 4.24. The fourth-order valence-electron chi connectivity index (χ4n) is 1.94. The van der Waals surface area contributed by atoms with E-state index in [2.05, 4.69) is 20.9 Å². The Balaban J connectivity index is 2.09. The molecule has 3 aromatic rings. The van der Waals surface area contributed by atoms with Crippen molar-refractivity contribution in [2.75, 3.05) is 5.73 Å². The number of para-hydroxylation sites is 1. The molecule has 20 heavy (non-hydrogen) atoms. The summed E-state index contributed by atoms with van der Waals surface area (Å²) >= 11 is 3.28. The molecule has 0 bridgehead atoms. The van der Waals surface area contributed by atoms with Gasteiger partial charge >= 0.3 is 0 Å². The van der Waals surface area contributed by atoms with E-state index in [0.29, 0.717) is 27.2 Å². The molecule has 0 amide bonds. The molecule has 3 rings (SSSR count). The highest BCUT2D eigenvalue weighted by molar-refractivity contribution is 9.10. The molecule has 1 aromatic heterocycles. The van der Waals surface area contributed by atoms with Crippen molar-refractivity contribution >= 4 is 32.5 Å². The largest absolute Gasteiger partial charge is 0.455 e. The monoisotopic (exact) mass is 332 g/mol. The van der Waals surface area contributed by atoms with E-state index in [1.165, 1.54) is 12.1 Å². The lowest BCUT2D eigenvalue weighted by Gasteiger charge is -2.10. The molecule has 0 unspecified atom stereocenters. The van der Waals surface area contributed by atoms with Gasteiger partial charge in [0.25, 0.3) is 0 Å². The average Bonchev–Trinajstić information content (AvgIpc) is 2.43. The third kappa shape index (κ3) is 2.32. The minimum atomic E-state index is -0.326. The van der Waals surface area contributed by atoms with Crippen LogP contribution in [0.3, 0.4) is 0 Å². The van der Waals surface area contributed by atoms with Crippen LogP contribution in [0.2, 0.25) is 0 Å². The second-order valence-electron chi connectivity index (χ2n) is 4.23. The van der Waals surface area contributed by atoms with Crippen molar-refractivity contribution in [3.05, 3.63) is 59.0 Å². The van der Waals surface area contributed by atoms with Crippen LogP contribution in [0.4, 0.5) is 10.1 Å². The van der Waals surface area contributed by atoms with Crippen molar-refractivity contribution in [1.82, 2.24) is 4.98 Å². The number of nitrogen functional groups attached to an aromatic ring is 1. The highest BCUT2D eigenvalue weighted by Crippen LogP contribution is 2.34. The van der Waals surface area contributed by atoms with E-state index in [9.17, 15) is 4.39 Å².